The molecule has 1 amide bonds. The largest absolute Gasteiger partial charge is 0.394 e. The second-order valence-corrected chi connectivity index (χ2v) is 4.53. The fraction of sp³-hybridized carbons (Fsp3) is 0.417. The highest BCUT2D eigenvalue weighted by molar-refractivity contribution is 6.35. The van der Waals surface area contributed by atoms with Crippen molar-refractivity contribution in [2.24, 2.45) is 0 Å². The average Bonchev–Trinajstić information content (AvgIpc) is 2.36. The molecular formula is C12H15Cl2NO3. The van der Waals surface area contributed by atoms with Gasteiger partial charge in [-0.05, 0) is 18.2 Å². The van der Waals surface area contributed by atoms with Crippen molar-refractivity contribution in [3.05, 3.63) is 33.8 Å². The van der Waals surface area contributed by atoms with Gasteiger partial charge >= 0.3 is 0 Å². The molecule has 4 nitrogen and oxygen atoms in total. The zero-order valence-electron chi connectivity index (χ0n) is 10.0. The van der Waals surface area contributed by atoms with Gasteiger partial charge in [0.25, 0.3) is 5.91 Å². The Morgan fingerprint density at radius 3 is 2.78 bits per heavy atom. The van der Waals surface area contributed by atoms with E-state index in [1.807, 2.05) is 0 Å². The Bertz CT molecular complexity index is 412. The molecule has 0 atom stereocenters. The van der Waals surface area contributed by atoms with E-state index in [1.165, 1.54) is 11.0 Å². The van der Waals surface area contributed by atoms with Gasteiger partial charge in [-0.3, -0.25) is 4.79 Å². The van der Waals surface area contributed by atoms with Gasteiger partial charge in [0, 0.05) is 18.6 Å². The Kier molecular flexibility index (Phi) is 6.43. The lowest BCUT2D eigenvalue weighted by atomic mass is 10.2. The lowest BCUT2D eigenvalue weighted by molar-refractivity contribution is 0.0618. The molecule has 1 aromatic carbocycles. The molecule has 0 bridgehead atoms. The first-order valence-electron chi connectivity index (χ1n) is 5.45. The summed E-state index contributed by atoms with van der Waals surface area (Å²) in [6.45, 7) is 1.01. The van der Waals surface area contributed by atoms with E-state index in [2.05, 4.69) is 0 Å². The standard InChI is InChI=1S/C12H15Cl2NO3/c1-15(4-6-18-7-5-16)12(17)10-8-9(13)2-3-11(10)14/h2-3,8,16H,4-7H2,1H3. The SMILES string of the molecule is CN(CCOCCO)C(=O)c1cc(Cl)ccc1Cl. The number of likely N-dealkylation sites (N-methyl/N-ethyl adjacent to an activating group) is 1. The third-order valence-electron chi connectivity index (χ3n) is 2.31. The minimum Gasteiger partial charge on any atom is -0.394 e. The number of aliphatic hydroxyl groups excluding tert-OH is 1. The summed E-state index contributed by atoms with van der Waals surface area (Å²) < 4.78 is 5.09. The summed E-state index contributed by atoms with van der Waals surface area (Å²) in [5, 5.41) is 9.38. The number of benzene rings is 1. The normalized spacial score (nSPS) is 10.4. The van der Waals surface area contributed by atoms with Crippen molar-refractivity contribution in [2.75, 3.05) is 33.4 Å². The molecule has 6 heteroatoms. The molecule has 1 rings (SSSR count). The topological polar surface area (TPSA) is 49.8 Å². The number of hydrogen-bond acceptors (Lipinski definition) is 3. The maximum Gasteiger partial charge on any atom is 0.255 e. The van der Waals surface area contributed by atoms with Crippen LogP contribution in [0, 0.1) is 0 Å². The molecule has 1 N–H and O–H groups in total. The van der Waals surface area contributed by atoms with Crippen LogP contribution in [0.4, 0.5) is 0 Å². The Labute approximate surface area is 116 Å². The van der Waals surface area contributed by atoms with E-state index in [-0.39, 0.29) is 19.1 Å². The first kappa shape index (κ1) is 15.2. The summed E-state index contributed by atoms with van der Waals surface area (Å²) in [6.07, 6.45) is 0. The van der Waals surface area contributed by atoms with Gasteiger partial charge in [-0.2, -0.15) is 0 Å². The van der Waals surface area contributed by atoms with Crippen LogP contribution in [0.3, 0.4) is 0 Å². The number of carbonyl (C=O) groups excluding carboxylic acids is 1. The van der Waals surface area contributed by atoms with Crippen LogP contribution in [0.15, 0.2) is 18.2 Å². The van der Waals surface area contributed by atoms with Crippen molar-refractivity contribution in [3.8, 4) is 0 Å². The monoisotopic (exact) mass is 291 g/mol. The number of halogens is 2. The molecule has 0 aromatic heterocycles. The van der Waals surface area contributed by atoms with Crippen LogP contribution in [0.5, 0.6) is 0 Å². The second-order valence-electron chi connectivity index (χ2n) is 3.69. The lowest BCUT2D eigenvalue weighted by Crippen LogP contribution is -2.30. The molecule has 0 unspecified atom stereocenters. The summed E-state index contributed by atoms with van der Waals surface area (Å²) in [6, 6.07) is 4.76. The Hall–Kier alpha value is -0.810. The summed E-state index contributed by atoms with van der Waals surface area (Å²) >= 11 is 11.8. The van der Waals surface area contributed by atoms with Crippen molar-refractivity contribution in [1.82, 2.24) is 4.90 Å². The zero-order valence-corrected chi connectivity index (χ0v) is 11.5. The number of rotatable bonds is 6. The molecule has 0 saturated carbocycles. The number of amides is 1. The van der Waals surface area contributed by atoms with Crippen LogP contribution in [0.25, 0.3) is 0 Å². The highest BCUT2D eigenvalue weighted by atomic mass is 35.5. The third kappa shape index (κ3) is 4.46. The Balaban J connectivity index is 2.60. The first-order valence-corrected chi connectivity index (χ1v) is 6.21. The van der Waals surface area contributed by atoms with E-state index in [9.17, 15) is 4.79 Å². The Morgan fingerprint density at radius 2 is 2.11 bits per heavy atom. The van der Waals surface area contributed by atoms with Gasteiger partial charge in [0.15, 0.2) is 0 Å². The average molecular weight is 292 g/mol. The fourth-order valence-electron chi connectivity index (χ4n) is 1.34. The van der Waals surface area contributed by atoms with Crippen molar-refractivity contribution in [3.63, 3.8) is 0 Å². The van der Waals surface area contributed by atoms with Crippen molar-refractivity contribution < 1.29 is 14.6 Å². The number of ether oxygens (including phenoxy) is 1. The van der Waals surface area contributed by atoms with Crippen LogP contribution in [0.2, 0.25) is 10.0 Å². The van der Waals surface area contributed by atoms with Gasteiger partial charge in [-0.1, -0.05) is 23.2 Å². The van der Waals surface area contributed by atoms with E-state index in [0.717, 1.165) is 0 Å². The highest BCUT2D eigenvalue weighted by Crippen LogP contribution is 2.21. The number of hydrogen-bond donors (Lipinski definition) is 1. The quantitative estimate of drug-likeness (QED) is 0.817. The molecular weight excluding hydrogens is 277 g/mol. The molecule has 0 aliphatic rings. The maximum absolute atomic E-state index is 12.1. The molecule has 0 spiro atoms. The first-order chi connectivity index (χ1) is 8.56. The van der Waals surface area contributed by atoms with Crippen LogP contribution in [-0.2, 0) is 4.74 Å². The molecule has 1 aromatic rings. The minimum absolute atomic E-state index is 0.0300. The van der Waals surface area contributed by atoms with Gasteiger partial charge in [0.2, 0.25) is 0 Å². The molecule has 0 saturated heterocycles. The number of aliphatic hydroxyl groups is 1. The van der Waals surface area contributed by atoms with Gasteiger partial charge in [0.1, 0.15) is 0 Å². The smallest absolute Gasteiger partial charge is 0.255 e. The second kappa shape index (κ2) is 7.59. The van der Waals surface area contributed by atoms with E-state index >= 15 is 0 Å². The predicted molar refractivity (Wildman–Crippen MR) is 71.3 cm³/mol. The fourth-order valence-corrected chi connectivity index (χ4v) is 1.71. The zero-order chi connectivity index (χ0) is 13.5. The highest BCUT2D eigenvalue weighted by Gasteiger charge is 2.15. The molecule has 0 aliphatic carbocycles. The van der Waals surface area contributed by atoms with Crippen molar-refractivity contribution in [1.29, 1.82) is 0 Å². The van der Waals surface area contributed by atoms with Crippen LogP contribution >= 0.6 is 23.2 Å². The summed E-state index contributed by atoms with van der Waals surface area (Å²) in [5.41, 5.74) is 0.369. The molecule has 0 aliphatic heterocycles. The van der Waals surface area contributed by atoms with Crippen LogP contribution in [0.1, 0.15) is 10.4 Å². The van der Waals surface area contributed by atoms with Crippen LogP contribution < -0.4 is 0 Å². The number of nitrogens with zero attached hydrogens (tertiary/aromatic N) is 1. The van der Waals surface area contributed by atoms with Crippen molar-refractivity contribution in [2.45, 2.75) is 0 Å². The van der Waals surface area contributed by atoms with Crippen LogP contribution in [-0.4, -0.2) is 49.3 Å². The molecule has 0 fully saturated rings. The molecule has 100 valence electrons. The van der Waals surface area contributed by atoms with Crippen molar-refractivity contribution >= 4 is 29.1 Å². The minimum atomic E-state index is -0.213. The Morgan fingerprint density at radius 1 is 1.39 bits per heavy atom. The van der Waals surface area contributed by atoms with E-state index in [1.54, 1.807) is 19.2 Å². The van der Waals surface area contributed by atoms with E-state index in [4.69, 9.17) is 33.0 Å². The number of carbonyl (C=O) groups is 1. The van der Waals surface area contributed by atoms with Gasteiger partial charge in [0.05, 0.1) is 30.4 Å². The summed E-state index contributed by atoms with van der Waals surface area (Å²) in [5.74, 6) is -0.213. The van der Waals surface area contributed by atoms with E-state index in [0.29, 0.717) is 28.8 Å². The maximum atomic E-state index is 12.1. The van der Waals surface area contributed by atoms with Gasteiger partial charge < -0.3 is 14.7 Å². The predicted octanol–water partition coefficient (Wildman–Crippen LogP) is 2.07. The molecule has 0 heterocycles. The van der Waals surface area contributed by atoms with E-state index < -0.39 is 0 Å². The summed E-state index contributed by atoms with van der Waals surface area (Å²) in [7, 11) is 1.65. The lowest BCUT2D eigenvalue weighted by Gasteiger charge is -2.17. The molecule has 18 heavy (non-hydrogen) atoms. The summed E-state index contributed by atoms with van der Waals surface area (Å²) in [4.78, 5) is 13.6. The third-order valence-corrected chi connectivity index (χ3v) is 2.88. The van der Waals surface area contributed by atoms with Gasteiger partial charge in [-0.15, -0.1) is 0 Å². The molecule has 0 radical (unpaired) electrons. The van der Waals surface area contributed by atoms with Gasteiger partial charge in [-0.25, -0.2) is 0 Å².